The smallest absolute Gasteiger partial charge is 0.134 e. The highest BCUT2D eigenvalue weighted by atomic mass is 16.5. The van der Waals surface area contributed by atoms with Gasteiger partial charge in [-0.15, -0.1) is 0 Å². The minimum atomic E-state index is 0.664. The van der Waals surface area contributed by atoms with E-state index in [1.54, 1.807) is 0 Å². The van der Waals surface area contributed by atoms with Gasteiger partial charge in [0.15, 0.2) is 0 Å². The first-order valence-corrected chi connectivity index (χ1v) is 4.76. The molecule has 0 radical (unpaired) electrons. The molecule has 1 aliphatic heterocycles. The molecule has 3 rings (SSSR count). The van der Waals surface area contributed by atoms with Crippen molar-refractivity contribution in [2.45, 2.75) is 0 Å². The fraction of sp³-hybridized carbons (Fsp3) is 0.0769. The maximum Gasteiger partial charge on any atom is 0.134 e. The molecule has 0 amide bonds. The number of allylic oxidation sites excluding steroid dienone is 2. The third-order valence-corrected chi connectivity index (χ3v) is 2.51. The Balaban J connectivity index is 2.37. The van der Waals surface area contributed by atoms with E-state index < -0.39 is 0 Å². The minimum Gasteiger partial charge on any atom is -0.488 e. The molecule has 0 spiro atoms. The first kappa shape index (κ1) is 7.63. The summed E-state index contributed by atoms with van der Waals surface area (Å²) in [6.07, 6.45) is 8.34. The molecule has 0 aromatic heterocycles. The fourth-order valence-electron chi connectivity index (χ4n) is 1.86. The second kappa shape index (κ2) is 2.88. The van der Waals surface area contributed by atoms with Crippen LogP contribution in [0, 0.1) is 0 Å². The van der Waals surface area contributed by atoms with Gasteiger partial charge in [0, 0.05) is 10.8 Å². The van der Waals surface area contributed by atoms with Crippen molar-refractivity contribution in [3.8, 4) is 0 Å². The molecule has 0 atom stereocenters. The van der Waals surface area contributed by atoms with Crippen molar-refractivity contribution < 1.29 is 4.74 Å². The number of rotatable bonds is 0. The molecule has 1 aromatic carbocycles. The van der Waals surface area contributed by atoms with Crippen LogP contribution in [0.2, 0.25) is 0 Å². The third-order valence-electron chi connectivity index (χ3n) is 2.51. The Bertz CT molecular complexity index is 547. The zero-order chi connectivity index (χ0) is 9.38. The van der Waals surface area contributed by atoms with Crippen molar-refractivity contribution in [1.82, 2.24) is 0 Å². The Labute approximate surface area is 82.3 Å². The predicted molar refractivity (Wildman–Crippen MR) is 56.7 cm³/mol. The van der Waals surface area contributed by atoms with Crippen LogP contribution in [0.3, 0.4) is 0 Å². The fourth-order valence-corrected chi connectivity index (χ4v) is 1.86. The highest BCUT2D eigenvalue weighted by Gasteiger charge is 2.12. The zero-order valence-electron chi connectivity index (χ0n) is 7.73. The van der Waals surface area contributed by atoms with Gasteiger partial charge >= 0.3 is 0 Å². The lowest BCUT2D eigenvalue weighted by Gasteiger charge is -2.03. The monoisotopic (exact) mass is 182 g/mol. The Morgan fingerprint density at radius 1 is 1.14 bits per heavy atom. The summed E-state index contributed by atoms with van der Waals surface area (Å²) in [6, 6.07) is 8.32. The molecular weight excluding hydrogens is 172 g/mol. The van der Waals surface area contributed by atoms with Gasteiger partial charge in [0.1, 0.15) is 12.4 Å². The number of benzene rings is 1. The molecule has 2 aliphatic rings. The van der Waals surface area contributed by atoms with E-state index in [1.807, 2.05) is 18.2 Å². The van der Waals surface area contributed by atoms with E-state index in [0.717, 1.165) is 5.76 Å². The van der Waals surface area contributed by atoms with E-state index in [2.05, 4.69) is 30.4 Å². The van der Waals surface area contributed by atoms with Gasteiger partial charge in [0.25, 0.3) is 0 Å². The van der Waals surface area contributed by atoms with E-state index >= 15 is 0 Å². The molecular formula is C13H10O. The molecule has 0 saturated carbocycles. The van der Waals surface area contributed by atoms with Crippen LogP contribution in [0.25, 0.3) is 11.8 Å². The third kappa shape index (κ3) is 1.02. The van der Waals surface area contributed by atoms with Crippen LogP contribution in [-0.2, 0) is 4.74 Å². The Morgan fingerprint density at radius 2 is 2.07 bits per heavy atom. The first-order chi connectivity index (χ1) is 6.95. The van der Waals surface area contributed by atoms with Gasteiger partial charge in [-0.3, -0.25) is 0 Å². The number of fused-ring (bicyclic) bond motifs is 2. The quantitative estimate of drug-likeness (QED) is 0.584. The van der Waals surface area contributed by atoms with Crippen LogP contribution in [0.1, 0.15) is 0 Å². The molecule has 1 aromatic rings. The molecule has 1 nitrogen and oxygen atoms in total. The van der Waals surface area contributed by atoms with Crippen molar-refractivity contribution >= 4 is 11.8 Å². The Kier molecular flexibility index (Phi) is 1.57. The van der Waals surface area contributed by atoms with Gasteiger partial charge in [-0.25, -0.2) is 0 Å². The molecule has 1 aliphatic carbocycles. The standard InChI is InChI=1S/C13H10O/c1-2-7-12-10(5-1)9-11-6-3-4-8-14-13(11)12/h1-7,9H,8H2. The van der Waals surface area contributed by atoms with E-state index in [-0.39, 0.29) is 0 Å². The largest absolute Gasteiger partial charge is 0.488 e. The second-order valence-electron chi connectivity index (χ2n) is 3.42. The van der Waals surface area contributed by atoms with Crippen LogP contribution in [0.15, 0.2) is 48.1 Å². The van der Waals surface area contributed by atoms with Crippen molar-refractivity contribution in [2.24, 2.45) is 0 Å². The summed E-state index contributed by atoms with van der Waals surface area (Å²) in [5.74, 6) is 1.02. The highest BCUT2D eigenvalue weighted by Crippen LogP contribution is 2.18. The van der Waals surface area contributed by atoms with Crippen molar-refractivity contribution in [3.63, 3.8) is 0 Å². The Morgan fingerprint density at radius 3 is 3.07 bits per heavy atom. The van der Waals surface area contributed by atoms with Gasteiger partial charge in [-0.05, 0) is 17.4 Å². The van der Waals surface area contributed by atoms with Gasteiger partial charge in [-0.2, -0.15) is 0 Å². The maximum absolute atomic E-state index is 5.68. The lowest BCUT2D eigenvalue weighted by Crippen LogP contribution is -2.22. The summed E-state index contributed by atoms with van der Waals surface area (Å²) in [5, 5.41) is 2.46. The van der Waals surface area contributed by atoms with Crippen LogP contribution < -0.4 is 10.4 Å². The summed E-state index contributed by atoms with van der Waals surface area (Å²) in [7, 11) is 0. The van der Waals surface area contributed by atoms with Gasteiger partial charge < -0.3 is 4.74 Å². The van der Waals surface area contributed by atoms with E-state index in [1.165, 1.54) is 16.0 Å². The molecule has 1 heteroatoms. The van der Waals surface area contributed by atoms with Gasteiger partial charge in [-0.1, -0.05) is 36.4 Å². The number of hydrogen-bond acceptors (Lipinski definition) is 1. The zero-order valence-corrected chi connectivity index (χ0v) is 7.73. The van der Waals surface area contributed by atoms with E-state index in [9.17, 15) is 0 Å². The predicted octanol–water partition coefficient (Wildman–Crippen LogP) is 1.10. The van der Waals surface area contributed by atoms with E-state index in [0.29, 0.717) is 6.61 Å². The van der Waals surface area contributed by atoms with Crippen LogP contribution in [-0.4, -0.2) is 6.61 Å². The topological polar surface area (TPSA) is 9.23 Å². The average Bonchev–Trinajstić information content (AvgIpc) is 2.42. The van der Waals surface area contributed by atoms with Crippen LogP contribution >= 0.6 is 0 Å². The normalized spacial score (nSPS) is 17.4. The van der Waals surface area contributed by atoms with Crippen LogP contribution in [0.4, 0.5) is 0 Å². The highest BCUT2D eigenvalue weighted by molar-refractivity contribution is 5.79. The lowest BCUT2D eigenvalue weighted by molar-refractivity contribution is 0.319. The van der Waals surface area contributed by atoms with Crippen LogP contribution in [0.5, 0.6) is 0 Å². The molecule has 0 fully saturated rings. The van der Waals surface area contributed by atoms with Gasteiger partial charge in [0.2, 0.25) is 0 Å². The molecule has 68 valence electrons. The van der Waals surface area contributed by atoms with Gasteiger partial charge in [0.05, 0.1) is 0 Å². The van der Waals surface area contributed by atoms with Crippen molar-refractivity contribution in [3.05, 3.63) is 58.5 Å². The van der Waals surface area contributed by atoms with Crippen molar-refractivity contribution in [2.75, 3.05) is 6.61 Å². The summed E-state index contributed by atoms with van der Waals surface area (Å²) in [5.41, 5.74) is 1.18. The molecule has 14 heavy (non-hydrogen) atoms. The number of ether oxygens (including phenoxy) is 1. The first-order valence-electron chi connectivity index (χ1n) is 4.76. The number of hydrogen-bond donors (Lipinski definition) is 0. The maximum atomic E-state index is 5.68. The van der Waals surface area contributed by atoms with E-state index in [4.69, 9.17) is 4.74 Å². The minimum absolute atomic E-state index is 0.664. The summed E-state index contributed by atoms with van der Waals surface area (Å²) in [4.78, 5) is 0. The van der Waals surface area contributed by atoms with Crippen molar-refractivity contribution in [1.29, 1.82) is 0 Å². The molecule has 0 unspecified atom stereocenters. The lowest BCUT2D eigenvalue weighted by atomic mass is 10.2. The SMILES string of the molecule is C1=CCOC2=c3ccccc3=CC2=C1. The average molecular weight is 182 g/mol. The molecule has 0 saturated heterocycles. The Hall–Kier alpha value is -1.76. The summed E-state index contributed by atoms with van der Waals surface area (Å²) >= 11 is 0. The molecule has 0 bridgehead atoms. The second-order valence-corrected chi connectivity index (χ2v) is 3.42. The molecule has 1 heterocycles. The summed E-state index contributed by atoms with van der Waals surface area (Å²) in [6.45, 7) is 0.664. The summed E-state index contributed by atoms with van der Waals surface area (Å²) < 4.78 is 5.68. The molecule has 0 N–H and O–H groups in total.